The van der Waals surface area contributed by atoms with Crippen LogP contribution in [0.4, 0.5) is 0 Å². The predicted molar refractivity (Wildman–Crippen MR) is 67.7 cm³/mol. The summed E-state index contributed by atoms with van der Waals surface area (Å²) in [6.07, 6.45) is 2.21. The molecule has 0 unspecified atom stereocenters. The third-order valence-corrected chi connectivity index (χ3v) is 2.84. The maximum absolute atomic E-state index is 5.51. The molecule has 0 N–H and O–H groups in total. The zero-order chi connectivity index (χ0) is 11.5. The Morgan fingerprint density at radius 1 is 1.25 bits per heavy atom. The first kappa shape index (κ1) is 11.2. The van der Waals surface area contributed by atoms with E-state index in [1.54, 1.807) is 0 Å². The quantitative estimate of drug-likeness (QED) is 0.760. The molecule has 1 aromatic heterocycles. The summed E-state index contributed by atoms with van der Waals surface area (Å²) in [7, 11) is 0. The molecule has 0 aliphatic rings. The van der Waals surface area contributed by atoms with Crippen LogP contribution in [-0.2, 0) is 11.3 Å². The molecular weight excluding hydrogens is 198 g/mol. The van der Waals surface area contributed by atoms with E-state index in [0.29, 0.717) is 12.6 Å². The molecule has 0 saturated heterocycles. The van der Waals surface area contributed by atoms with E-state index in [4.69, 9.17) is 4.74 Å². The number of para-hydroxylation sites is 1. The Balaban J connectivity index is 2.49. The highest BCUT2D eigenvalue weighted by Gasteiger charge is 2.09. The summed E-state index contributed by atoms with van der Waals surface area (Å²) < 4.78 is 7.82. The number of hydrogen-bond donors (Lipinski definition) is 0. The summed E-state index contributed by atoms with van der Waals surface area (Å²) in [6, 6.07) is 9.00. The highest BCUT2D eigenvalue weighted by Crippen LogP contribution is 2.24. The zero-order valence-corrected chi connectivity index (χ0v) is 10.2. The van der Waals surface area contributed by atoms with Gasteiger partial charge in [0, 0.05) is 35.3 Å². The van der Waals surface area contributed by atoms with E-state index in [-0.39, 0.29) is 0 Å². The van der Waals surface area contributed by atoms with Crippen LogP contribution in [0.5, 0.6) is 0 Å². The molecule has 1 aromatic carbocycles. The number of hydrogen-bond acceptors (Lipinski definition) is 1. The molecule has 0 saturated carbocycles. The van der Waals surface area contributed by atoms with Crippen LogP contribution in [0.1, 0.15) is 32.4 Å². The monoisotopic (exact) mass is 217 g/mol. The lowest BCUT2D eigenvalue weighted by Crippen LogP contribution is -1.98. The smallest absolute Gasteiger partial charge is 0.0737 e. The van der Waals surface area contributed by atoms with Gasteiger partial charge in [0.25, 0.3) is 0 Å². The summed E-state index contributed by atoms with van der Waals surface area (Å²) in [5, 5.41) is 1.31. The molecule has 2 nitrogen and oxygen atoms in total. The molecule has 0 aliphatic carbocycles. The number of aromatic nitrogens is 1. The van der Waals surface area contributed by atoms with Gasteiger partial charge in [-0.2, -0.15) is 0 Å². The van der Waals surface area contributed by atoms with Gasteiger partial charge in [0.15, 0.2) is 0 Å². The Labute approximate surface area is 96.8 Å². The second-order valence-corrected chi connectivity index (χ2v) is 4.31. The van der Waals surface area contributed by atoms with E-state index < -0.39 is 0 Å². The number of rotatable bonds is 4. The van der Waals surface area contributed by atoms with E-state index in [2.05, 4.69) is 48.9 Å². The summed E-state index contributed by atoms with van der Waals surface area (Å²) in [5.41, 5.74) is 2.58. The van der Waals surface area contributed by atoms with Crippen molar-refractivity contribution in [2.24, 2.45) is 0 Å². The lowest BCUT2D eigenvalue weighted by Gasteiger charge is -2.08. The first-order chi connectivity index (χ1) is 7.74. The first-order valence-corrected chi connectivity index (χ1v) is 5.90. The lowest BCUT2D eigenvalue weighted by molar-refractivity contribution is 0.135. The second kappa shape index (κ2) is 4.71. The molecule has 0 amide bonds. The minimum atomic E-state index is 0.486. The number of benzene rings is 1. The molecule has 2 heteroatoms. The zero-order valence-electron chi connectivity index (χ0n) is 10.2. The average molecular weight is 217 g/mol. The Morgan fingerprint density at radius 2 is 2.00 bits per heavy atom. The van der Waals surface area contributed by atoms with Crippen molar-refractivity contribution in [1.29, 1.82) is 0 Å². The molecule has 16 heavy (non-hydrogen) atoms. The Kier molecular flexibility index (Phi) is 3.30. The van der Waals surface area contributed by atoms with Crippen LogP contribution >= 0.6 is 0 Å². The number of nitrogens with zero attached hydrogens (tertiary/aromatic N) is 1. The first-order valence-electron chi connectivity index (χ1n) is 5.90. The molecule has 0 spiro atoms. The second-order valence-electron chi connectivity index (χ2n) is 4.31. The SMILES string of the molecule is CCOCc1cn(C(C)C)c2ccccc12. The summed E-state index contributed by atoms with van der Waals surface area (Å²) in [5.74, 6) is 0. The lowest BCUT2D eigenvalue weighted by atomic mass is 10.2. The Hall–Kier alpha value is -1.28. The van der Waals surface area contributed by atoms with Crippen LogP contribution in [0, 0.1) is 0 Å². The van der Waals surface area contributed by atoms with Crippen molar-refractivity contribution in [3.63, 3.8) is 0 Å². The molecule has 2 aromatic rings. The van der Waals surface area contributed by atoms with Gasteiger partial charge in [0.1, 0.15) is 0 Å². The Bertz CT molecular complexity index is 471. The molecule has 2 rings (SSSR count). The molecule has 0 bridgehead atoms. The van der Waals surface area contributed by atoms with Crippen molar-refractivity contribution >= 4 is 10.9 Å². The maximum atomic E-state index is 5.51. The standard InChI is InChI=1S/C14H19NO/c1-4-16-10-12-9-15(11(2)3)14-8-6-5-7-13(12)14/h5-9,11H,4,10H2,1-3H3. The van der Waals surface area contributed by atoms with Gasteiger partial charge in [-0.1, -0.05) is 18.2 Å². The van der Waals surface area contributed by atoms with Crippen molar-refractivity contribution in [3.8, 4) is 0 Å². The summed E-state index contributed by atoms with van der Waals surface area (Å²) >= 11 is 0. The van der Waals surface area contributed by atoms with Crippen molar-refractivity contribution in [3.05, 3.63) is 36.0 Å². The van der Waals surface area contributed by atoms with E-state index in [0.717, 1.165) is 6.61 Å². The third kappa shape index (κ3) is 1.98. The van der Waals surface area contributed by atoms with Crippen LogP contribution in [0.3, 0.4) is 0 Å². The van der Waals surface area contributed by atoms with Crippen LogP contribution in [0.25, 0.3) is 10.9 Å². The van der Waals surface area contributed by atoms with Gasteiger partial charge < -0.3 is 9.30 Å². The van der Waals surface area contributed by atoms with Crippen molar-refractivity contribution in [2.45, 2.75) is 33.4 Å². The topological polar surface area (TPSA) is 14.2 Å². The number of ether oxygens (including phenoxy) is 1. The highest BCUT2D eigenvalue weighted by atomic mass is 16.5. The molecule has 0 radical (unpaired) electrons. The maximum Gasteiger partial charge on any atom is 0.0737 e. The molecule has 0 fully saturated rings. The van der Waals surface area contributed by atoms with Gasteiger partial charge in [0.05, 0.1) is 6.61 Å². The predicted octanol–water partition coefficient (Wildman–Crippen LogP) is 3.76. The van der Waals surface area contributed by atoms with Crippen molar-refractivity contribution in [1.82, 2.24) is 4.57 Å². The normalized spacial score (nSPS) is 11.5. The van der Waals surface area contributed by atoms with E-state index in [1.165, 1.54) is 16.5 Å². The molecule has 0 aliphatic heterocycles. The fourth-order valence-corrected chi connectivity index (χ4v) is 2.03. The highest BCUT2D eigenvalue weighted by molar-refractivity contribution is 5.84. The third-order valence-electron chi connectivity index (χ3n) is 2.84. The van der Waals surface area contributed by atoms with E-state index in [1.807, 2.05) is 6.92 Å². The van der Waals surface area contributed by atoms with Gasteiger partial charge in [-0.15, -0.1) is 0 Å². The summed E-state index contributed by atoms with van der Waals surface area (Å²) in [4.78, 5) is 0. The van der Waals surface area contributed by atoms with Gasteiger partial charge in [-0.3, -0.25) is 0 Å². The van der Waals surface area contributed by atoms with Crippen LogP contribution in [-0.4, -0.2) is 11.2 Å². The van der Waals surface area contributed by atoms with Crippen molar-refractivity contribution in [2.75, 3.05) is 6.61 Å². The van der Waals surface area contributed by atoms with Gasteiger partial charge in [-0.05, 0) is 26.8 Å². The fraction of sp³-hybridized carbons (Fsp3) is 0.429. The molecule has 1 heterocycles. The van der Waals surface area contributed by atoms with Crippen molar-refractivity contribution < 1.29 is 4.74 Å². The van der Waals surface area contributed by atoms with Crippen LogP contribution < -0.4 is 0 Å². The molecule has 0 atom stereocenters. The minimum Gasteiger partial charge on any atom is -0.377 e. The molecular formula is C14H19NO. The van der Waals surface area contributed by atoms with Crippen LogP contribution in [0.15, 0.2) is 30.5 Å². The van der Waals surface area contributed by atoms with Gasteiger partial charge in [-0.25, -0.2) is 0 Å². The summed E-state index contributed by atoms with van der Waals surface area (Å²) in [6.45, 7) is 7.91. The van der Waals surface area contributed by atoms with E-state index >= 15 is 0 Å². The van der Waals surface area contributed by atoms with Gasteiger partial charge >= 0.3 is 0 Å². The van der Waals surface area contributed by atoms with E-state index in [9.17, 15) is 0 Å². The van der Waals surface area contributed by atoms with Gasteiger partial charge in [0.2, 0.25) is 0 Å². The Morgan fingerprint density at radius 3 is 2.69 bits per heavy atom. The largest absolute Gasteiger partial charge is 0.377 e. The molecule has 86 valence electrons. The minimum absolute atomic E-state index is 0.486. The van der Waals surface area contributed by atoms with Crippen LogP contribution in [0.2, 0.25) is 0 Å². The average Bonchev–Trinajstić information content (AvgIpc) is 2.65. The fourth-order valence-electron chi connectivity index (χ4n) is 2.03. The number of fused-ring (bicyclic) bond motifs is 1.